The number of methoxy groups -OCH3 is 1. The quantitative estimate of drug-likeness (QED) is 0.396. The fourth-order valence-corrected chi connectivity index (χ4v) is 1.69. The Kier molecular flexibility index (Phi) is 5.27. The minimum Gasteiger partial charge on any atom is -0.469 e. The van der Waals surface area contributed by atoms with Crippen molar-refractivity contribution in [1.29, 1.82) is 0 Å². The Hall–Kier alpha value is -0.0861. The number of carbonyl (C=O) groups excluding carboxylic acids is 3. The molecule has 0 aromatic rings. The first-order valence-corrected chi connectivity index (χ1v) is 4.21. The third-order valence-electron chi connectivity index (χ3n) is 2.29. The molecule has 1 aliphatic carbocycles. The van der Waals surface area contributed by atoms with Gasteiger partial charge in [-0.2, -0.15) is 0 Å². The molecule has 0 aromatic heterocycles. The van der Waals surface area contributed by atoms with Gasteiger partial charge < -0.3 is 18.6 Å². The Bertz CT molecular complexity index is 296. The number of Topliss-reactive ketones (excluding diaryl/α,β-unsaturated/α-hetero) is 2. The van der Waals surface area contributed by atoms with Crippen LogP contribution in [0.4, 0.5) is 0 Å². The predicted octanol–water partition coefficient (Wildman–Crippen LogP) is 0.360. The molecule has 4 nitrogen and oxygen atoms in total. The summed E-state index contributed by atoms with van der Waals surface area (Å²) in [4.78, 5) is 33.8. The second-order valence-electron chi connectivity index (χ2n) is 3.68. The van der Waals surface area contributed by atoms with Crippen molar-refractivity contribution in [2.24, 2.45) is 11.3 Å². The molecule has 81 valence electrons. The van der Waals surface area contributed by atoms with Crippen LogP contribution in [0.25, 0.3) is 0 Å². The van der Waals surface area contributed by atoms with Gasteiger partial charge in [0.2, 0.25) is 0 Å². The largest absolute Gasteiger partial charge is 0.469 e. The monoisotopic (exact) mass is 285 g/mol. The molecule has 1 radical (unpaired) electrons. The van der Waals surface area contributed by atoms with Gasteiger partial charge in [0.15, 0.2) is 0 Å². The number of rotatable bonds is 1. The standard InChI is InChI=1S/C10H12O4.Y/c1-10(2)5-6(11)4-7(12)8(10)9(13)14-3;/h8H,1-2,4-5H2,3H3;/q-2;. The van der Waals surface area contributed by atoms with E-state index < -0.39 is 23.1 Å². The Morgan fingerprint density at radius 1 is 1.47 bits per heavy atom. The molecule has 1 aliphatic rings. The first kappa shape index (κ1) is 14.9. The first-order chi connectivity index (χ1) is 6.38. The van der Waals surface area contributed by atoms with Crippen molar-refractivity contribution in [2.45, 2.75) is 12.8 Å². The van der Waals surface area contributed by atoms with E-state index in [1.54, 1.807) is 0 Å². The molecule has 0 N–H and O–H groups in total. The van der Waals surface area contributed by atoms with E-state index >= 15 is 0 Å². The fourth-order valence-electron chi connectivity index (χ4n) is 1.69. The van der Waals surface area contributed by atoms with Gasteiger partial charge in [-0.05, 0) is 6.42 Å². The molecule has 1 atom stereocenters. The van der Waals surface area contributed by atoms with Crippen molar-refractivity contribution in [3.8, 4) is 0 Å². The van der Waals surface area contributed by atoms with Crippen LogP contribution in [0.2, 0.25) is 0 Å². The van der Waals surface area contributed by atoms with Crippen LogP contribution in [0.3, 0.4) is 0 Å². The molecule has 0 heterocycles. The number of carbonyl (C=O) groups is 3. The van der Waals surface area contributed by atoms with Crippen LogP contribution in [0, 0.1) is 25.2 Å². The third-order valence-corrected chi connectivity index (χ3v) is 2.29. The van der Waals surface area contributed by atoms with Gasteiger partial charge in [-0.15, -0.1) is 0 Å². The summed E-state index contributed by atoms with van der Waals surface area (Å²) < 4.78 is 4.48. The minimum atomic E-state index is -1.11. The molecular formula is C10H12O4Y-2. The third kappa shape index (κ3) is 3.18. The van der Waals surface area contributed by atoms with Crippen LogP contribution >= 0.6 is 0 Å². The number of ether oxygens (including phenoxy) is 1. The Balaban J connectivity index is 0.00000196. The van der Waals surface area contributed by atoms with Gasteiger partial charge in [0.1, 0.15) is 11.6 Å². The van der Waals surface area contributed by atoms with Gasteiger partial charge in [-0.1, -0.05) is 0 Å². The summed E-state index contributed by atoms with van der Waals surface area (Å²) in [5, 5.41) is 0. The summed E-state index contributed by atoms with van der Waals surface area (Å²) in [6, 6.07) is 0. The summed E-state index contributed by atoms with van der Waals surface area (Å²) in [7, 11) is 1.20. The SMILES string of the molecule is [CH2-]C1([CH2-])CC(=O)CC(=O)C1C(=O)OC.[Y]. The Morgan fingerprint density at radius 2 is 2.00 bits per heavy atom. The maximum absolute atomic E-state index is 11.4. The molecule has 0 aliphatic heterocycles. The van der Waals surface area contributed by atoms with E-state index in [0.29, 0.717) is 0 Å². The van der Waals surface area contributed by atoms with E-state index in [4.69, 9.17) is 0 Å². The zero-order chi connectivity index (χ0) is 10.9. The smallest absolute Gasteiger partial charge is 0.311 e. The molecular weight excluding hydrogens is 273 g/mol. The van der Waals surface area contributed by atoms with Gasteiger partial charge in [-0.25, -0.2) is 0 Å². The zero-order valence-electron chi connectivity index (χ0n) is 8.62. The molecule has 0 saturated heterocycles. The average molecular weight is 285 g/mol. The summed E-state index contributed by atoms with van der Waals surface area (Å²) in [5.41, 5.74) is -1.11. The van der Waals surface area contributed by atoms with Crippen molar-refractivity contribution in [2.75, 3.05) is 7.11 Å². The first-order valence-electron chi connectivity index (χ1n) is 4.21. The molecule has 5 heteroatoms. The van der Waals surface area contributed by atoms with Crippen molar-refractivity contribution in [1.82, 2.24) is 0 Å². The van der Waals surface area contributed by atoms with Crippen molar-refractivity contribution in [3.05, 3.63) is 13.8 Å². The number of hydrogen-bond donors (Lipinski definition) is 0. The molecule has 1 unspecified atom stereocenters. The van der Waals surface area contributed by atoms with Gasteiger partial charge in [0.25, 0.3) is 0 Å². The number of esters is 1. The minimum absolute atomic E-state index is 0. The van der Waals surface area contributed by atoms with Crippen molar-refractivity contribution >= 4 is 17.5 Å². The second kappa shape index (κ2) is 5.31. The van der Waals surface area contributed by atoms with E-state index in [0.717, 1.165) is 0 Å². The van der Waals surface area contributed by atoms with E-state index in [2.05, 4.69) is 18.6 Å². The number of hydrogen-bond acceptors (Lipinski definition) is 4. The van der Waals surface area contributed by atoms with Crippen LogP contribution in [-0.2, 0) is 51.8 Å². The predicted molar refractivity (Wildman–Crippen MR) is 47.9 cm³/mol. The molecule has 0 bridgehead atoms. The summed E-state index contributed by atoms with van der Waals surface area (Å²) in [6.07, 6.45) is -0.176. The molecule has 1 rings (SSSR count). The average Bonchev–Trinajstić information content (AvgIpc) is 1.99. The second-order valence-corrected chi connectivity index (χ2v) is 3.68. The zero-order valence-corrected chi connectivity index (χ0v) is 11.5. The molecule has 0 aromatic carbocycles. The molecule has 0 amide bonds. The normalized spacial score (nSPS) is 24.3. The van der Waals surface area contributed by atoms with E-state index in [-0.39, 0.29) is 51.3 Å². The molecule has 1 fully saturated rings. The molecule has 15 heavy (non-hydrogen) atoms. The summed E-state index contributed by atoms with van der Waals surface area (Å²) in [5.74, 6) is -2.34. The van der Waals surface area contributed by atoms with Crippen LogP contribution in [0.15, 0.2) is 0 Å². The van der Waals surface area contributed by atoms with Crippen molar-refractivity contribution < 1.29 is 51.8 Å². The van der Waals surface area contributed by atoms with E-state index in [1.165, 1.54) is 7.11 Å². The van der Waals surface area contributed by atoms with Crippen LogP contribution in [0.5, 0.6) is 0 Å². The van der Waals surface area contributed by atoms with Gasteiger partial charge in [0.05, 0.1) is 19.4 Å². The van der Waals surface area contributed by atoms with Gasteiger partial charge >= 0.3 is 5.97 Å². The van der Waals surface area contributed by atoms with Gasteiger partial charge in [-0.3, -0.25) is 19.8 Å². The van der Waals surface area contributed by atoms with E-state index in [9.17, 15) is 14.4 Å². The van der Waals surface area contributed by atoms with Gasteiger partial charge in [0, 0.05) is 32.7 Å². The van der Waals surface area contributed by atoms with Crippen molar-refractivity contribution in [3.63, 3.8) is 0 Å². The van der Waals surface area contributed by atoms with E-state index in [1.807, 2.05) is 0 Å². The summed E-state index contributed by atoms with van der Waals surface area (Å²) in [6.45, 7) is 7.25. The summed E-state index contributed by atoms with van der Waals surface area (Å²) >= 11 is 0. The van der Waals surface area contributed by atoms with Crippen LogP contribution in [0.1, 0.15) is 12.8 Å². The molecule has 0 spiro atoms. The topological polar surface area (TPSA) is 60.4 Å². The Morgan fingerprint density at radius 3 is 2.40 bits per heavy atom. The van der Waals surface area contributed by atoms with Crippen LogP contribution in [-0.4, -0.2) is 24.6 Å². The Labute approximate surface area is 114 Å². The fraction of sp³-hybridized carbons (Fsp3) is 0.500. The maximum Gasteiger partial charge on any atom is 0.311 e. The number of ketones is 2. The maximum atomic E-state index is 11.4. The van der Waals surface area contributed by atoms with Crippen LogP contribution < -0.4 is 0 Å². The molecule has 1 saturated carbocycles.